The van der Waals surface area contributed by atoms with Crippen LogP contribution in [0.25, 0.3) is 0 Å². The van der Waals surface area contributed by atoms with E-state index in [1.165, 1.54) is 22.6 Å². The number of hydrogen-bond donors (Lipinski definition) is 1. The van der Waals surface area contributed by atoms with E-state index < -0.39 is 0 Å². The fourth-order valence-electron chi connectivity index (χ4n) is 2.13. The summed E-state index contributed by atoms with van der Waals surface area (Å²) in [7, 11) is 0. The number of nitrogens with one attached hydrogen (secondary N) is 1. The average molecular weight is 314 g/mol. The molecule has 1 nitrogen and oxygen atoms in total. The molecular formula is C15H20ClNS2. The molecule has 0 amide bonds. The van der Waals surface area contributed by atoms with Crippen LogP contribution in [-0.2, 0) is 6.42 Å². The second kappa shape index (κ2) is 8.05. The minimum atomic E-state index is 0.410. The molecule has 0 bridgehead atoms. The molecule has 2 rings (SSSR count). The number of thiophene rings is 2. The SMILES string of the molecule is CCCNC(CCCc1cccs1)c1sccc1Cl. The fraction of sp³-hybridized carbons (Fsp3) is 0.467. The van der Waals surface area contributed by atoms with Gasteiger partial charge in [-0.2, -0.15) is 0 Å². The van der Waals surface area contributed by atoms with Crippen LogP contribution < -0.4 is 5.32 Å². The van der Waals surface area contributed by atoms with Crippen LogP contribution in [0.4, 0.5) is 0 Å². The van der Waals surface area contributed by atoms with Gasteiger partial charge in [0.2, 0.25) is 0 Å². The third kappa shape index (κ3) is 4.60. The van der Waals surface area contributed by atoms with Gasteiger partial charge < -0.3 is 5.32 Å². The lowest BCUT2D eigenvalue weighted by Crippen LogP contribution is -2.21. The van der Waals surface area contributed by atoms with E-state index in [1.807, 2.05) is 17.4 Å². The van der Waals surface area contributed by atoms with Gasteiger partial charge in [-0.25, -0.2) is 0 Å². The summed E-state index contributed by atoms with van der Waals surface area (Å²) in [6.45, 7) is 3.25. The monoisotopic (exact) mass is 313 g/mol. The minimum absolute atomic E-state index is 0.410. The standard InChI is InChI=1S/C15H20ClNS2/c1-2-9-17-14(15-13(16)8-11-19-15)7-3-5-12-6-4-10-18-12/h4,6,8,10-11,14,17H,2-3,5,7,9H2,1H3. The lowest BCUT2D eigenvalue weighted by molar-refractivity contribution is 0.491. The second-order valence-corrected chi connectivity index (χ2v) is 7.00. The molecule has 1 atom stereocenters. The molecule has 1 N–H and O–H groups in total. The maximum Gasteiger partial charge on any atom is 0.0561 e. The van der Waals surface area contributed by atoms with Gasteiger partial charge in [-0.05, 0) is 55.1 Å². The Bertz CT molecular complexity index is 464. The van der Waals surface area contributed by atoms with Gasteiger partial charge in [-0.3, -0.25) is 0 Å². The van der Waals surface area contributed by atoms with E-state index in [0.717, 1.165) is 24.4 Å². The molecule has 19 heavy (non-hydrogen) atoms. The average Bonchev–Trinajstić information content (AvgIpc) is 3.05. The Balaban J connectivity index is 1.89. The molecule has 0 saturated carbocycles. The van der Waals surface area contributed by atoms with E-state index >= 15 is 0 Å². The normalized spacial score (nSPS) is 12.7. The minimum Gasteiger partial charge on any atom is -0.309 e. The number of aryl methyl sites for hydroxylation is 1. The van der Waals surface area contributed by atoms with E-state index in [9.17, 15) is 0 Å². The molecule has 2 heterocycles. The van der Waals surface area contributed by atoms with Gasteiger partial charge in [0.25, 0.3) is 0 Å². The van der Waals surface area contributed by atoms with Crippen LogP contribution in [0.2, 0.25) is 5.02 Å². The van der Waals surface area contributed by atoms with E-state index in [4.69, 9.17) is 11.6 Å². The Labute approximate surface area is 128 Å². The Morgan fingerprint density at radius 1 is 1.26 bits per heavy atom. The summed E-state index contributed by atoms with van der Waals surface area (Å²) in [4.78, 5) is 2.77. The summed E-state index contributed by atoms with van der Waals surface area (Å²) in [6, 6.07) is 6.76. The Kier molecular flexibility index (Phi) is 6.38. The van der Waals surface area contributed by atoms with Crippen molar-refractivity contribution in [3.63, 3.8) is 0 Å². The summed E-state index contributed by atoms with van der Waals surface area (Å²) < 4.78 is 0. The molecule has 0 aliphatic carbocycles. The van der Waals surface area contributed by atoms with Crippen LogP contribution in [0.15, 0.2) is 29.0 Å². The van der Waals surface area contributed by atoms with Gasteiger partial charge in [-0.15, -0.1) is 22.7 Å². The predicted molar refractivity (Wildman–Crippen MR) is 87.6 cm³/mol. The highest BCUT2D eigenvalue weighted by molar-refractivity contribution is 7.10. The van der Waals surface area contributed by atoms with Crippen molar-refractivity contribution in [2.45, 2.75) is 38.6 Å². The highest BCUT2D eigenvalue weighted by atomic mass is 35.5. The zero-order valence-corrected chi connectivity index (χ0v) is 13.6. The van der Waals surface area contributed by atoms with Crippen LogP contribution >= 0.6 is 34.3 Å². The molecule has 0 aliphatic rings. The van der Waals surface area contributed by atoms with Crippen LogP contribution in [0.5, 0.6) is 0 Å². The third-order valence-electron chi connectivity index (χ3n) is 3.10. The molecule has 104 valence electrons. The molecule has 0 aromatic carbocycles. The highest BCUT2D eigenvalue weighted by Crippen LogP contribution is 2.31. The second-order valence-electron chi connectivity index (χ2n) is 4.61. The smallest absolute Gasteiger partial charge is 0.0561 e. The number of halogens is 1. The lowest BCUT2D eigenvalue weighted by atomic mass is 10.1. The van der Waals surface area contributed by atoms with Crippen molar-refractivity contribution in [1.82, 2.24) is 5.32 Å². The molecule has 0 spiro atoms. The zero-order valence-electron chi connectivity index (χ0n) is 11.2. The maximum absolute atomic E-state index is 6.26. The number of rotatable bonds is 8. The van der Waals surface area contributed by atoms with Gasteiger partial charge >= 0.3 is 0 Å². The largest absolute Gasteiger partial charge is 0.309 e. The third-order valence-corrected chi connectivity index (χ3v) is 5.51. The quantitative estimate of drug-likeness (QED) is 0.676. The first-order chi connectivity index (χ1) is 9.31. The maximum atomic E-state index is 6.26. The summed E-state index contributed by atoms with van der Waals surface area (Å²) in [6.07, 6.45) is 4.68. The topological polar surface area (TPSA) is 12.0 Å². The van der Waals surface area contributed by atoms with Crippen molar-refractivity contribution >= 4 is 34.3 Å². The van der Waals surface area contributed by atoms with E-state index in [0.29, 0.717) is 6.04 Å². The van der Waals surface area contributed by atoms with Crippen LogP contribution in [0, 0.1) is 0 Å². The van der Waals surface area contributed by atoms with Gasteiger partial charge in [0.15, 0.2) is 0 Å². The highest BCUT2D eigenvalue weighted by Gasteiger charge is 2.15. The lowest BCUT2D eigenvalue weighted by Gasteiger charge is -2.17. The summed E-state index contributed by atoms with van der Waals surface area (Å²) >= 11 is 9.88. The first-order valence-corrected chi connectivity index (χ1v) is 8.93. The van der Waals surface area contributed by atoms with Gasteiger partial charge in [0.05, 0.1) is 5.02 Å². The summed E-state index contributed by atoms with van der Waals surface area (Å²) in [5.74, 6) is 0. The molecule has 4 heteroatoms. The molecule has 2 aromatic heterocycles. The first-order valence-electron chi connectivity index (χ1n) is 6.80. The molecule has 0 aliphatic heterocycles. The molecule has 0 fully saturated rings. The van der Waals surface area contributed by atoms with Crippen molar-refractivity contribution in [1.29, 1.82) is 0 Å². The zero-order chi connectivity index (χ0) is 13.5. The Morgan fingerprint density at radius 3 is 2.79 bits per heavy atom. The van der Waals surface area contributed by atoms with Crippen LogP contribution in [0.1, 0.15) is 42.0 Å². The molecule has 2 aromatic rings. The predicted octanol–water partition coefficient (Wildman–Crippen LogP) is 5.53. The van der Waals surface area contributed by atoms with Crippen molar-refractivity contribution in [3.8, 4) is 0 Å². The van der Waals surface area contributed by atoms with Crippen molar-refractivity contribution < 1.29 is 0 Å². The van der Waals surface area contributed by atoms with E-state index in [-0.39, 0.29) is 0 Å². The van der Waals surface area contributed by atoms with Gasteiger partial charge in [0, 0.05) is 15.8 Å². The van der Waals surface area contributed by atoms with Crippen molar-refractivity contribution in [3.05, 3.63) is 43.7 Å². The first kappa shape index (κ1) is 15.0. The van der Waals surface area contributed by atoms with Gasteiger partial charge in [0.1, 0.15) is 0 Å². The Hall–Kier alpha value is -0.350. The van der Waals surface area contributed by atoms with Crippen LogP contribution in [0.3, 0.4) is 0 Å². The van der Waals surface area contributed by atoms with Gasteiger partial charge in [-0.1, -0.05) is 24.6 Å². The molecule has 0 radical (unpaired) electrons. The van der Waals surface area contributed by atoms with E-state index in [1.54, 1.807) is 11.3 Å². The van der Waals surface area contributed by atoms with Crippen molar-refractivity contribution in [2.75, 3.05) is 6.54 Å². The van der Waals surface area contributed by atoms with Crippen LogP contribution in [-0.4, -0.2) is 6.54 Å². The van der Waals surface area contributed by atoms with Crippen molar-refractivity contribution in [2.24, 2.45) is 0 Å². The van der Waals surface area contributed by atoms with E-state index in [2.05, 4.69) is 35.1 Å². The molecule has 0 saturated heterocycles. The summed E-state index contributed by atoms with van der Waals surface area (Å²) in [5, 5.41) is 8.77. The summed E-state index contributed by atoms with van der Waals surface area (Å²) in [5.41, 5.74) is 0. The molecule has 1 unspecified atom stereocenters. The molecular weight excluding hydrogens is 294 g/mol. The Morgan fingerprint density at radius 2 is 2.16 bits per heavy atom. The fourth-order valence-corrected chi connectivity index (χ4v) is 4.18. The number of hydrogen-bond acceptors (Lipinski definition) is 3.